The Kier molecular flexibility index (Phi) is 5.71. The molecule has 5 heteroatoms. The van der Waals surface area contributed by atoms with Crippen LogP contribution in [0.1, 0.15) is 13.8 Å². The minimum Gasteiger partial charge on any atom is -0.479 e. The van der Waals surface area contributed by atoms with Crippen molar-refractivity contribution < 1.29 is 15.0 Å². The number of nitrogens with zero attached hydrogens (tertiary/aromatic N) is 2. The lowest BCUT2D eigenvalue weighted by atomic mass is 10.4. The summed E-state index contributed by atoms with van der Waals surface area (Å²) in [6.07, 6.45) is 2.97. The molecule has 1 unspecified atom stereocenters. The highest BCUT2D eigenvalue weighted by atomic mass is 16.4. The van der Waals surface area contributed by atoms with Gasteiger partial charge in [-0.1, -0.05) is 0 Å². The Bertz CT molecular complexity index is 204. The molecule has 0 fully saturated rings. The maximum absolute atomic E-state index is 9.45. The molecule has 2 N–H and O–H groups in total. The quantitative estimate of drug-likeness (QED) is 0.666. The molecule has 0 amide bonds. The number of carboxylic acid groups (broad SMARTS) is 1. The normalized spacial score (nSPS) is 16.3. The maximum Gasteiger partial charge on any atom is 0.332 e. The van der Waals surface area contributed by atoms with Crippen LogP contribution in [0.2, 0.25) is 0 Å². The summed E-state index contributed by atoms with van der Waals surface area (Å²) < 4.78 is 0. The summed E-state index contributed by atoms with van der Waals surface area (Å²) in [7, 11) is 2.08. The number of hydrogen-bond acceptors (Lipinski definition) is 4. The van der Waals surface area contributed by atoms with Gasteiger partial charge in [-0.05, 0) is 13.8 Å². The van der Waals surface area contributed by atoms with E-state index in [2.05, 4.69) is 36.2 Å². The number of hydrogen-bond donors (Lipinski definition) is 2. The summed E-state index contributed by atoms with van der Waals surface area (Å²) in [6.45, 7) is 5.52. The molecule has 0 aromatic heterocycles. The highest BCUT2D eigenvalue weighted by molar-refractivity contribution is 5.71. The first kappa shape index (κ1) is 12.8. The molecule has 1 aliphatic rings. The number of carbonyl (C=O) groups is 1. The monoisotopic (exact) mass is 202 g/mol. The Labute approximate surface area is 84.2 Å². The lowest BCUT2D eigenvalue weighted by molar-refractivity contribution is -0.145. The predicted octanol–water partition coefficient (Wildman–Crippen LogP) is 0.134. The number of aliphatic hydroxyl groups excluding tert-OH is 1. The molecule has 1 rings (SSSR count). The van der Waals surface area contributed by atoms with Gasteiger partial charge in [-0.15, -0.1) is 0 Å². The first-order valence-corrected chi connectivity index (χ1v) is 4.50. The summed E-state index contributed by atoms with van der Waals surface area (Å²) >= 11 is 0. The molecular weight excluding hydrogens is 184 g/mol. The number of carboxylic acids is 1. The molecule has 0 aromatic carbocycles. The van der Waals surface area contributed by atoms with E-state index in [0.717, 1.165) is 13.2 Å². The van der Waals surface area contributed by atoms with Crippen molar-refractivity contribution in [3.63, 3.8) is 0 Å². The van der Waals surface area contributed by atoms with E-state index >= 15 is 0 Å². The van der Waals surface area contributed by atoms with Crippen molar-refractivity contribution in [2.45, 2.75) is 20.0 Å². The molecule has 0 bridgehead atoms. The van der Waals surface area contributed by atoms with Crippen LogP contribution in [0.5, 0.6) is 0 Å². The fourth-order valence-electron chi connectivity index (χ4n) is 0.794. The van der Waals surface area contributed by atoms with Gasteiger partial charge in [0, 0.05) is 26.0 Å². The zero-order chi connectivity index (χ0) is 11.1. The predicted molar refractivity (Wildman–Crippen MR) is 53.5 cm³/mol. The highest BCUT2D eigenvalue weighted by Gasteiger charge is 2.03. The van der Waals surface area contributed by atoms with E-state index in [0.29, 0.717) is 0 Å². The van der Waals surface area contributed by atoms with Crippen molar-refractivity contribution in [3.05, 3.63) is 12.4 Å². The second-order valence-corrected chi connectivity index (χ2v) is 3.12. The first-order valence-electron chi connectivity index (χ1n) is 4.50. The van der Waals surface area contributed by atoms with Crippen LogP contribution in [-0.2, 0) is 4.79 Å². The zero-order valence-corrected chi connectivity index (χ0v) is 8.84. The van der Waals surface area contributed by atoms with Gasteiger partial charge in [0.2, 0.25) is 0 Å². The van der Waals surface area contributed by atoms with Crippen LogP contribution in [-0.4, -0.2) is 52.3 Å². The van der Waals surface area contributed by atoms with Gasteiger partial charge in [0.1, 0.15) is 6.10 Å². The SMILES string of the molecule is CC(O)C(=O)O.CCN1C=CN(C)C1. The van der Waals surface area contributed by atoms with Crippen molar-refractivity contribution in [2.75, 3.05) is 20.3 Å². The number of rotatable bonds is 2. The topological polar surface area (TPSA) is 64.0 Å². The first-order chi connectivity index (χ1) is 6.47. The van der Waals surface area contributed by atoms with Crippen molar-refractivity contribution in [3.8, 4) is 0 Å². The van der Waals surface area contributed by atoms with E-state index in [4.69, 9.17) is 10.2 Å². The van der Waals surface area contributed by atoms with Crippen LogP contribution >= 0.6 is 0 Å². The standard InChI is InChI=1S/C6H12N2.C3H6O3/c1-3-8-5-4-7(2)6-8;1-2(4)3(5)6/h4-5H,3,6H2,1-2H3;2,4H,1H3,(H,5,6). The van der Waals surface area contributed by atoms with Crippen LogP contribution in [0, 0.1) is 0 Å². The van der Waals surface area contributed by atoms with E-state index in [-0.39, 0.29) is 0 Å². The molecule has 0 spiro atoms. The Hall–Kier alpha value is -1.23. The molecule has 0 saturated carbocycles. The largest absolute Gasteiger partial charge is 0.479 e. The average molecular weight is 202 g/mol. The fraction of sp³-hybridized carbons (Fsp3) is 0.667. The zero-order valence-electron chi connectivity index (χ0n) is 8.84. The Morgan fingerprint density at radius 3 is 2.21 bits per heavy atom. The summed E-state index contributed by atoms with van der Waals surface area (Å²) in [5, 5.41) is 15.8. The molecule has 1 aliphatic heterocycles. The molecule has 82 valence electrons. The van der Waals surface area contributed by atoms with Gasteiger partial charge >= 0.3 is 5.97 Å². The van der Waals surface area contributed by atoms with Gasteiger partial charge in [0.15, 0.2) is 0 Å². The molecular formula is C9H18N2O3. The second kappa shape index (κ2) is 6.26. The van der Waals surface area contributed by atoms with Crippen molar-refractivity contribution in [2.24, 2.45) is 0 Å². The van der Waals surface area contributed by atoms with Crippen LogP contribution in [0.25, 0.3) is 0 Å². The Morgan fingerprint density at radius 2 is 2.07 bits per heavy atom. The summed E-state index contributed by atoms with van der Waals surface area (Å²) in [4.78, 5) is 13.9. The summed E-state index contributed by atoms with van der Waals surface area (Å²) in [5.74, 6) is -1.19. The van der Waals surface area contributed by atoms with Gasteiger partial charge in [-0.3, -0.25) is 0 Å². The van der Waals surface area contributed by atoms with Crippen LogP contribution in [0.4, 0.5) is 0 Å². The molecule has 1 heterocycles. The molecule has 0 aromatic rings. The smallest absolute Gasteiger partial charge is 0.332 e. The molecule has 5 nitrogen and oxygen atoms in total. The van der Waals surface area contributed by atoms with Gasteiger partial charge in [-0.2, -0.15) is 0 Å². The van der Waals surface area contributed by atoms with Crippen LogP contribution < -0.4 is 0 Å². The van der Waals surface area contributed by atoms with E-state index in [9.17, 15) is 4.79 Å². The summed E-state index contributed by atoms with van der Waals surface area (Å²) in [6, 6.07) is 0. The third-order valence-corrected chi connectivity index (χ3v) is 1.70. The third kappa shape index (κ3) is 5.42. The number of aliphatic carboxylic acids is 1. The van der Waals surface area contributed by atoms with Crippen LogP contribution in [0.15, 0.2) is 12.4 Å². The van der Waals surface area contributed by atoms with Gasteiger partial charge in [-0.25, -0.2) is 4.79 Å². The molecule has 1 atom stereocenters. The highest BCUT2D eigenvalue weighted by Crippen LogP contribution is 2.00. The lowest BCUT2D eigenvalue weighted by Crippen LogP contribution is -2.21. The third-order valence-electron chi connectivity index (χ3n) is 1.70. The number of aliphatic hydroxyl groups is 1. The average Bonchev–Trinajstić information content (AvgIpc) is 2.52. The minimum atomic E-state index is -1.23. The van der Waals surface area contributed by atoms with Crippen molar-refractivity contribution in [1.29, 1.82) is 0 Å². The van der Waals surface area contributed by atoms with E-state index in [1.54, 1.807) is 0 Å². The van der Waals surface area contributed by atoms with E-state index in [1.807, 2.05) is 0 Å². The molecule has 14 heavy (non-hydrogen) atoms. The fourth-order valence-corrected chi connectivity index (χ4v) is 0.794. The maximum atomic E-state index is 9.45. The van der Waals surface area contributed by atoms with Crippen molar-refractivity contribution >= 4 is 5.97 Å². The molecule has 0 aliphatic carbocycles. The van der Waals surface area contributed by atoms with Crippen molar-refractivity contribution in [1.82, 2.24) is 9.80 Å². The molecule has 0 saturated heterocycles. The van der Waals surface area contributed by atoms with Crippen LogP contribution in [0.3, 0.4) is 0 Å². The van der Waals surface area contributed by atoms with E-state index in [1.165, 1.54) is 6.92 Å². The minimum absolute atomic E-state index is 1.05. The lowest BCUT2D eigenvalue weighted by Gasteiger charge is -2.14. The molecule has 0 radical (unpaired) electrons. The van der Waals surface area contributed by atoms with Gasteiger partial charge in [0.25, 0.3) is 0 Å². The second-order valence-electron chi connectivity index (χ2n) is 3.12. The van der Waals surface area contributed by atoms with Gasteiger partial charge < -0.3 is 20.0 Å². The Morgan fingerprint density at radius 1 is 1.57 bits per heavy atom. The van der Waals surface area contributed by atoms with Gasteiger partial charge in [0.05, 0.1) is 6.67 Å². The summed E-state index contributed by atoms with van der Waals surface area (Å²) in [5.41, 5.74) is 0. The van der Waals surface area contributed by atoms with E-state index < -0.39 is 12.1 Å². The Balaban J connectivity index is 0.000000255.